The molecule has 5 heteroatoms. The van der Waals surface area contributed by atoms with Gasteiger partial charge in [-0.2, -0.15) is 0 Å². The van der Waals surface area contributed by atoms with Crippen LogP contribution in [0.1, 0.15) is 42.5 Å². The lowest BCUT2D eigenvalue weighted by Gasteiger charge is -2.35. The summed E-state index contributed by atoms with van der Waals surface area (Å²) >= 11 is 0. The number of hydrogen-bond acceptors (Lipinski definition) is 3. The van der Waals surface area contributed by atoms with Crippen molar-refractivity contribution >= 4 is 16.8 Å². The van der Waals surface area contributed by atoms with E-state index in [2.05, 4.69) is 88.0 Å². The van der Waals surface area contributed by atoms with E-state index in [1.807, 2.05) is 6.07 Å². The number of H-pyrrole nitrogens is 1. The second-order valence-corrected chi connectivity index (χ2v) is 11.2. The molecule has 1 aromatic heterocycles. The maximum Gasteiger partial charge on any atom is 0.237 e. The van der Waals surface area contributed by atoms with Gasteiger partial charge in [0.1, 0.15) is 0 Å². The molecule has 1 fully saturated rings. The van der Waals surface area contributed by atoms with Crippen molar-refractivity contribution in [3.05, 3.63) is 95.7 Å². The number of nitrogens with zero attached hydrogens (tertiary/aromatic N) is 1. The van der Waals surface area contributed by atoms with Gasteiger partial charge in [0.15, 0.2) is 0 Å². The molecule has 6 rings (SSSR count). The van der Waals surface area contributed by atoms with Crippen LogP contribution >= 0.6 is 0 Å². The minimum absolute atomic E-state index is 0.150. The fraction of sp³-hybridized carbons (Fsp3) is 0.364. The average molecular weight is 507 g/mol. The number of nitrogens with one attached hydrogen (secondary N) is 2. The number of hydrogen-bond donors (Lipinski definition) is 3. The van der Waals surface area contributed by atoms with Gasteiger partial charge in [0, 0.05) is 36.2 Å². The zero-order valence-corrected chi connectivity index (χ0v) is 22.0. The minimum Gasteiger partial charge on any atom is -0.357 e. The maximum atomic E-state index is 13.7. The number of carbonyl (C=O) groups excluding carboxylic acids is 1. The molecule has 1 saturated carbocycles. The lowest BCUT2D eigenvalue weighted by molar-refractivity contribution is -0.127. The van der Waals surface area contributed by atoms with Crippen LogP contribution in [0.4, 0.5) is 0 Å². The molecule has 5 nitrogen and oxygen atoms in total. The van der Waals surface area contributed by atoms with E-state index in [1.54, 1.807) is 0 Å². The largest absolute Gasteiger partial charge is 0.357 e. The van der Waals surface area contributed by atoms with Crippen molar-refractivity contribution in [1.82, 2.24) is 15.2 Å². The van der Waals surface area contributed by atoms with Crippen molar-refractivity contribution in [1.29, 1.82) is 0 Å². The highest BCUT2D eigenvalue weighted by Crippen LogP contribution is 2.32. The quantitative estimate of drug-likeness (QED) is 0.304. The molecule has 3 aromatic carbocycles. The van der Waals surface area contributed by atoms with E-state index in [0.717, 1.165) is 44.5 Å². The minimum atomic E-state index is -0.190. The van der Waals surface area contributed by atoms with Gasteiger partial charge < -0.3 is 16.0 Å². The second kappa shape index (κ2) is 11.1. The molecule has 3 unspecified atom stereocenters. The van der Waals surface area contributed by atoms with Crippen LogP contribution in [-0.4, -0.2) is 34.9 Å². The molecule has 1 amide bonds. The SMILES string of the molecule is NCC1CCCC(CNC(=O)C2Cc3c([nH]c4ccccc34)CN2Cc2ccc(-c3ccccc3)cc2)C1. The van der Waals surface area contributed by atoms with Crippen LogP contribution in [0.3, 0.4) is 0 Å². The summed E-state index contributed by atoms with van der Waals surface area (Å²) in [5.41, 5.74) is 13.3. The fourth-order valence-electron chi connectivity index (χ4n) is 6.52. The molecule has 4 N–H and O–H groups in total. The molecule has 38 heavy (non-hydrogen) atoms. The predicted molar refractivity (Wildman–Crippen MR) is 154 cm³/mol. The highest BCUT2D eigenvalue weighted by atomic mass is 16.2. The number of fused-ring (bicyclic) bond motifs is 3. The summed E-state index contributed by atoms with van der Waals surface area (Å²) in [6.45, 7) is 2.99. The third-order valence-electron chi connectivity index (χ3n) is 8.64. The summed E-state index contributed by atoms with van der Waals surface area (Å²) in [6.07, 6.45) is 5.49. The number of para-hydroxylation sites is 1. The maximum absolute atomic E-state index is 13.7. The van der Waals surface area contributed by atoms with Gasteiger partial charge in [-0.25, -0.2) is 0 Å². The molecule has 0 spiro atoms. The summed E-state index contributed by atoms with van der Waals surface area (Å²) in [6, 6.07) is 27.5. The summed E-state index contributed by atoms with van der Waals surface area (Å²) in [5, 5.41) is 4.59. The van der Waals surface area contributed by atoms with Gasteiger partial charge in [-0.05, 0) is 72.4 Å². The summed E-state index contributed by atoms with van der Waals surface area (Å²) in [4.78, 5) is 19.7. The molecule has 196 valence electrons. The van der Waals surface area contributed by atoms with E-state index in [0.29, 0.717) is 11.8 Å². The molecule has 2 heterocycles. The Kier molecular flexibility index (Phi) is 7.30. The van der Waals surface area contributed by atoms with E-state index in [1.165, 1.54) is 52.6 Å². The molecule has 4 aromatic rings. The lowest BCUT2D eigenvalue weighted by Crippen LogP contribution is -2.50. The Bertz CT molecular complexity index is 1380. The standard InChI is InChI=1S/C33H38N4O/c34-19-24-7-6-8-25(17-24)20-35-33(38)32-18-29-28-11-4-5-12-30(28)36-31(29)22-37(32)21-23-13-15-27(16-14-23)26-9-2-1-3-10-26/h1-5,9-16,24-25,32,36H,6-8,17-22,34H2,(H,35,38). The van der Waals surface area contributed by atoms with Crippen LogP contribution < -0.4 is 11.1 Å². The Morgan fingerprint density at radius 1 is 0.921 bits per heavy atom. The predicted octanol–water partition coefficient (Wildman–Crippen LogP) is 5.64. The molecule has 0 saturated heterocycles. The second-order valence-electron chi connectivity index (χ2n) is 11.2. The molecule has 1 aliphatic carbocycles. The first-order valence-corrected chi connectivity index (χ1v) is 14.1. The Balaban J connectivity index is 1.21. The van der Waals surface area contributed by atoms with Crippen molar-refractivity contribution < 1.29 is 4.79 Å². The molecule has 0 bridgehead atoms. The topological polar surface area (TPSA) is 74.1 Å². The summed E-state index contributed by atoms with van der Waals surface area (Å²) in [7, 11) is 0. The van der Waals surface area contributed by atoms with E-state index in [9.17, 15) is 4.79 Å². The van der Waals surface area contributed by atoms with Crippen LogP contribution in [0.25, 0.3) is 22.0 Å². The van der Waals surface area contributed by atoms with Crippen molar-refractivity contribution in [2.75, 3.05) is 13.1 Å². The molecule has 1 aliphatic heterocycles. The molecular weight excluding hydrogens is 468 g/mol. The van der Waals surface area contributed by atoms with Crippen LogP contribution in [0.5, 0.6) is 0 Å². The van der Waals surface area contributed by atoms with Gasteiger partial charge >= 0.3 is 0 Å². The number of nitrogens with two attached hydrogens (primary N) is 1. The van der Waals surface area contributed by atoms with Crippen molar-refractivity contribution in [3.8, 4) is 11.1 Å². The van der Waals surface area contributed by atoms with Crippen LogP contribution in [-0.2, 0) is 24.3 Å². The molecular formula is C33H38N4O. The van der Waals surface area contributed by atoms with Gasteiger partial charge in [0.25, 0.3) is 0 Å². The van der Waals surface area contributed by atoms with Crippen molar-refractivity contribution in [2.45, 2.75) is 51.2 Å². The molecule has 0 radical (unpaired) electrons. The normalized spacial score (nSPS) is 21.8. The Hall–Kier alpha value is -3.41. The highest BCUT2D eigenvalue weighted by molar-refractivity contribution is 5.88. The van der Waals surface area contributed by atoms with E-state index in [4.69, 9.17) is 5.73 Å². The first-order chi connectivity index (χ1) is 18.7. The molecule has 2 aliphatic rings. The van der Waals surface area contributed by atoms with Gasteiger partial charge in [-0.3, -0.25) is 9.69 Å². The van der Waals surface area contributed by atoms with E-state index >= 15 is 0 Å². The zero-order chi connectivity index (χ0) is 25.9. The van der Waals surface area contributed by atoms with Gasteiger partial charge in [-0.15, -0.1) is 0 Å². The average Bonchev–Trinajstić information content (AvgIpc) is 3.34. The number of rotatable bonds is 7. The number of amides is 1. The van der Waals surface area contributed by atoms with Crippen LogP contribution in [0, 0.1) is 11.8 Å². The van der Waals surface area contributed by atoms with Crippen molar-refractivity contribution in [2.24, 2.45) is 17.6 Å². The van der Waals surface area contributed by atoms with Gasteiger partial charge in [-0.1, -0.05) is 79.2 Å². The number of aromatic nitrogens is 1. The first-order valence-electron chi connectivity index (χ1n) is 14.1. The number of benzene rings is 3. The van der Waals surface area contributed by atoms with Gasteiger partial charge in [0.2, 0.25) is 5.91 Å². The van der Waals surface area contributed by atoms with Crippen LogP contribution in [0.15, 0.2) is 78.9 Å². The van der Waals surface area contributed by atoms with Gasteiger partial charge in [0.05, 0.1) is 6.04 Å². The number of carbonyl (C=O) groups is 1. The first kappa shape index (κ1) is 24.9. The Labute approximate surface area is 225 Å². The van der Waals surface area contributed by atoms with E-state index in [-0.39, 0.29) is 11.9 Å². The smallest absolute Gasteiger partial charge is 0.237 e. The number of aromatic amines is 1. The van der Waals surface area contributed by atoms with E-state index < -0.39 is 0 Å². The third kappa shape index (κ3) is 5.27. The van der Waals surface area contributed by atoms with Crippen molar-refractivity contribution in [3.63, 3.8) is 0 Å². The molecule has 3 atom stereocenters. The third-order valence-corrected chi connectivity index (χ3v) is 8.64. The zero-order valence-electron chi connectivity index (χ0n) is 22.0. The lowest BCUT2D eigenvalue weighted by atomic mass is 9.81. The summed E-state index contributed by atoms with van der Waals surface area (Å²) in [5.74, 6) is 1.29. The Morgan fingerprint density at radius 2 is 1.66 bits per heavy atom. The van der Waals surface area contributed by atoms with Crippen LogP contribution in [0.2, 0.25) is 0 Å². The monoisotopic (exact) mass is 506 g/mol. The highest BCUT2D eigenvalue weighted by Gasteiger charge is 2.34. The summed E-state index contributed by atoms with van der Waals surface area (Å²) < 4.78 is 0. The Morgan fingerprint density at radius 3 is 2.47 bits per heavy atom. The fourth-order valence-corrected chi connectivity index (χ4v) is 6.52.